The molecule has 0 fully saturated rings. The largest absolute Gasteiger partial charge is 0.304 e. The van der Waals surface area contributed by atoms with Crippen molar-refractivity contribution in [2.24, 2.45) is 0 Å². The molecule has 0 bridgehead atoms. The summed E-state index contributed by atoms with van der Waals surface area (Å²) in [5.41, 5.74) is 2.92. The molecule has 0 unspecified atom stereocenters. The summed E-state index contributed by atoms with van der Waals surface area (Å²) in [6.45, 7) is 0. The number of nitrogens with one attached hydrogen (secondary N) is 1. The Kier molecular flexibility index (Phi) is 4.14. The quantitative estimate of drug-likeness (QED) is 0.574. The van der Waals surface area contributed by atoms with E-state index in [9.17, 15) is 4.79 Å². The summed E-state index contributed by atoms with van der Waals surface area (Å²) in [6, 6.07) is 23.5. The molecule has 2 aromatic heterocycles. The van der Waals surface area contributed by atoms with Crippen LogP contribution in [-0.4, -0.2) is 15.7 Å². The van der Waals surface area contributed by atoms with Crippen LogP contribution in [-0.2, 0) is 0 Å². The number of carbonyl (C=O) groups excluding carboxylic acids is 1. The molecule has 0 saturated heterocycles. The number of carbonyl (C=O) groups is 1. The van der Waals surface area contributed by atoms with E-state index in [1.165, 1.54) is 11.3 Å². The second kappa shape index (κ2) is 6.75. The number of para-hydroxylation sites is 1. The van der Waals surface area contributed by atoms with E-state index in [0.717, 1.165) is 16.8 Å². The van der Waals surface area contributed by atoms with Crippen LogP contribution >= 0.6 is 11.3 Å². The lowest BCUT2D eigenvalue weighted by molar-refractivity contribution is 0.103. The Balaban J connectivity index is 1.56. The van der Waals surface area contributed by atoms with Gasteiger partial charge in [-0.1, -0.05) is 48.5 Å². The average molecular weight is 345 g/mol. The first-order chi connectivity index (χ1) is 12.3. The maximum absolute atomic E-state index is 12.7. The summed E-state index contributed by atoms with van der Waals surface area (Å²) in [5, 5.41) is 9.24. The molecular weight excluding hydrogens is 330 g/mol. The molecule has 4 aromatic rings. The number of hydrogen-bond acceptors (Lipinski definition) is 3. The minimum Gasteiger partial charge on any atom is -0.304 e. The Hall–Kier alpha value is -3.18. The fourth-order valence-corrected chi connectivity index (χ4v) is 3.43. The molecule has 4 rings (SSSR count). The summed E-state index contributed by atoms with van der Waals surface area (Å²) in [7, 11) is 0. The Labute approximate surface area is 149 Å². The normalized spacial score (nSPS) is 10.6. The fourth-order valence-electron chi connectivity index (χ4n) is 2.62. The lowest BCUT2D eigenvalue weighted by Gasteiger charge is -2.04. The molecule has 0 aliphatic rings. The number of thiophene rings is 1. The van der Waals surface area contributed by atoms with Gasteiger partial charge in [-0.3, -0.25) is 4.79 Å². The van der Waals surface area contributed by atoms with E-state index in [1.807, 2.05) is 78.3 Å². The van der Waals surface area contributed by atoms with Crippen LogP contribution in [0.2, 0.25) is 0 Å². The van der Waals surface area contributed by atoms with Gasteiger partial charge in [-0.05, 0) is 29.1 Å². The van der Waals surface area contributed by atoms with E-state index in [2.05, 4.69) is 10.4 Å². The molecule has 0 spiro atoms. The van der Waals surface area contributed by atoms with Crippen molar-refractivity contribution in [1.82, 2.24) is 9.78 Å². The number of amides is 1. The van der Waals surface area contributed by atoms with Crippen molar-refractivity contribution in [1.29, 1.82) is 0 Å². The van der Waals surface area contributed by atoms with E-state index < -0.39 is 0 Å². The highest BCUT2D eigenvalue weighted by Crippen LogP contribution is 2.28. The highest BCUT2D eigenvalue weighted by atomic mass is 32.1. The molecule has 0 aliphatic carbocycles. The van der Waals surface area contributed by atoms with Crippen molar-refractivity contribution in [3.63, 3.8) is 0 Å². The van der Waals surface area contributed by atoms with Crippen LogP contribution in [0.25, 0.3) is 16.8 Å². The molecule has 2 aromatic carbocycles. The third-order valence-electron chi connectivity index (χ3n) is 3.81. The number of anilines is 1. The first-order valence-corrected chi connectivity index (χ1v) is 8.74. The van der Waals surface area contributed by atoms with Gasteiger partial charge in [0.15, 0.2) is 5.82 Å². The topological polar surface area (TPSA) is 46.9 Å². The SMILES string of the molecule is O=C(Nc1ccn(-c2ccccc2)n1)c1sccc1-c1ccccc1. The zero-order chi connectivity index (χ0) is 17.1. The minimum atomic E-state index is -0.146. The smallest absolute Gasteiger partial charge is 0.267 e. The number of benzene rings is 2. The third-order valence-corrected chi connectivity index (χ3v) is 4.72. The Morgan fingerprint density at radius 1 is 0.920 bits per heavy atom. The van der Waals surface area contributed by atoms with Gasteiger partial charge in [0.1, 0.15) is 4.88 Å². The molecule has 122 valence electrons. The second-order valence-corrected chi connectivity index (χ2v) is 6.38. The zero-order valence-corrected chi connectivity index (χ0v) is 14.1. The van der Waals surface area contributed by atoms with Crippen molar-refractivity contribution in [2.45, 2.75) is 0 Å². The van der Waals surface area contributed by atoms with E-state index in [0.29, 0.717) is 10.7 Å². The Bertz CT molecular complexity index is 990. The number of nitrogens with zero attached hydrogens (tertiary/aromatic N) is 2. The predicted molar refractivity (Wildman–Crippen MR) is 101 cm³/mol. The monoisotopic (exact) mass is 345 g/mol. The van der Waals surface area contributed by atoms with Gasteiger partial charge < -0.3 is 5.32 Å². The third kappa shape index (κ3) is 3.22. The van der Waals surface area contributed by atoms with Crippen LogP contribution in [0.15, 0.2) is 84.4 Å². The van der Waals surface area contributed by atoms with Gasteiger partial charge >= 0.3 is 0 Å². The van der Waals surface area contributed by atoms with E-state index >= 15 is 0 Å². The van der Waals surface area contributed by atoms with Crippen LogP contribution in [0, 0.1) is 0 Å². The van der Waals surface area contributed by atoms with Gasteiger partial charge in [0, 0.05) is 17.8 Å². The van der Waals surface area contributed by atoms with Crippen molar-refractivity contribution >= 4 is 23.1 Å². The molecule has 25 heavy (non-hydrogen) atoms. The summed E-state index contributed by atoms with van der Waals surface area (Å²) < 4.78 is 1.74. The van der Waals surface area contributed by atoms with E-state index in [-0.39, 0.29) is 5.91 Å². The molecular formula is C20H15N3OS. The minimum absolute atomic E-state index is 0.146. The molecule has 0 saturated carbocycles. The standard InChI is InChI=1S/C20H15N3OS/c24-20(19-17(12-14-25-19)15-7-3-1-4-8-15)21-18-11-13-23(22-18)16-9-5-2-6-10-16/h1-14H,(H,21,22,24). The van der Waals surface area contributed by atoms with Crippen molar-refractivity contribution in [2.75, 3.05) is 5.32 Å². The van der Waals surface area contributed by atoms with Gasteiger partial charge in [-0.15, -0.1) is 11.3 Å². The molecule has 4 nitrogen and oxygen atoms in total. The van der Waals surface area contributed by atoms with E-state index in [4.69, 9.17) is 0 Å². The summed E-state index contributed by atoms with van der Waals surface area (Å²) >= 11 is 1.43. The van der Waals surface area contributed by atoms with Crippen LogP contribution in [0.1, 0.15) is 9.67 Å². The van der Waals surface area contributed by atoms with Crippen LogP contribution in [0.3, 0.4) is 0 Å². The van der Waals surface area contributed by atoms with Crippen LogP contribution in [0.4, 0.5) is 5.82 Å². The van der Waals surface area contributed by atoms with Gasteiger partial charge in [0.25, 0.3) is 5.91 Å². The van der Waals surface area contributed by atoms with Crippen molar-refractivity contribution in [3.05, 3.63) is 89.3 Å². The Morgan fingerprint density at radius 3 is 2.40 bits per heavy atom. The van der Waals surface area contributed by atoms with Gasteiger partial charge in [-0.2, -0.15) is 5.10 Å². The zero-order valence-electron chi connectivity index (χ0n) is 13.3. The molecule has 1 N–H and O–H groups in total. The molecule has 0 aliphatic heterocycles. The first kappa shape index (κ1) is 15.4. The summed E-state index contributed by atoms with van der Waals surface area (Å²) in [4.78, 5) is 13.3. The molecule has 1 amide bonds. The number of hydrogen-bond donors (Lipinski definition) is 1. The van der Waals surface area contributed by atoms with Gasteiger partial charge in [0.05, 0.1) is 5.69 Å². The van der Waals surface area contributed by atoms with Crippen LogP contribution in [0.5, 0.6) is 0 Å². The maximum atomic E-state index is 12.7. The summed E-state index contributed by atoms with van der Waals surface area (Å²) in [6.07, 6.45) is 1.83. The van der Waals surface area contributed by atoms with Crippen molar-refractivity contribution < 1.29 is 4.79 Å². The fraction of sp³-hybridized carbons (Fsp3) is 0. The highest BCUT2D eigenvalue weighted by molar-refractivity contribution is 7.12. The average Bonchev–Trinajstić information content (AvgIpc) is 3.33. The highest BCUT2D eigenvalue weighted by Gasteiger charge is 2.15. The molecule has 2 heterocycles. The lowest BCUT2D eigenvalue weighted by atomic mass is 10.1. The second-order valence-electron chi connectivity index (χ2n) is 5.46. The number of rotatable bonds is 4. The first-order valence-electron chi connectivity index (χ1n) is 7.86. The summed E-state index contributed by atoms with van der Waals surface area (Å²) in [5.74, 6) is 0.383. The number of aromatic nitrogens is 2. The molecule has 0 atom stereocenters. The van der Waals surface area contributed by atoms with Crippen LogP contribution < -0.4 is 5.32 Å². The van der Waals surface area contributed by atoms with Crippen molar-refractivity contribution in [3.8, 4) is 16.8 Å². The predicted octanol–water partition coefficient (Wildman–Crippen LogP) is 4.85. The maximum Gasteiger partial charge on any atom is 0.267 e. The molecule has 0 radical (unpaired) electrons. The molecule has 5 heteroatoms. The van der Waals surface area contributed by atoms with E-state index in [1.54, 1.807) is 10.7 Å². The van der Waals surface area contributed by atoms with Gasteiger partial charge in [0.2, 0.25) is 0 Å². The Morgan fingerprint density at radius 2 is 1.64 bits per heavy atom. The van der Waals surface area contributed by atoms with Gasteiger partial charge in [-0.25, -0.2) is 4.68 Å². The lowest BCUT2D eigenvalue weighted by Crippen LogP contribution is -2.12.